The van der Waals surface area contributed by atoms with E-state index < -0.39 is 0 Å². The van der Waals surface area contributed by atoms with Crippen molar-refractivity contribution in [3.63, 3.8) is 0 Å². The molecule has 0 amide bonds. The molecule has 0 saturated carbocycles. The lowest BCUT2D eigenvalue weighted by Crippen LogP contribution is -2.52. The van der Waals surface area contributed by atoms with E-state index in [1.807, 2.05) is 7.05 Å². The summed E-state index contributed by atoms with van der Waals surface area (Å²) in [4.78, 5) is 9.58. The van der Waals surface area contributed by atoms with Crippen LogP contribution in [0.4, 0.5) is 0 Å². The van der Waals surface area contributed by atoms with Gasteiger partial charge in [-0.25, -0.2) is 0 Å². The number of guanidine groups is 1. The first-order valence-corrected chi connectivity index (χ1v) is 10.6. The quantitative estimate of drug-likeness (QED) is 0.235. The van der Waals surface area contributed by atoms with E-state index in [1.165, 1.54) is 38.8 Å². The van der Waals surface area contributed by atoms with Gasteiger partial charge in [-0.1, -0.05) is 20.3 Å². The third-order valence-corrected chi connectivity index (χ3v) is 5.84. The molecule has 0 aromatic carbocycles. The number of hydrogen-bond donors (Lipinski definition) is 2. The van der Waals surface area contributed by atoms with Gasteiger partial charge in [-0.3, -0.25) is 9.89 Å². The summed E-state index contributed by atoms with van der Waals surface area (Å²) in [6.07, 6.45) is 5.28. The lowest BCUT2D eigenvalue weighted by atomic mass is 10.0. The van der Waals surface area contributed by atoms with E-state index in [2.05, 4.69) is 46.2 Å². The van der Waals surface area contributed by atoms with E-state index >= 15 is 0 Å². The second-order valence-corrected chi connectivity index (χ2v) is 8.07. The highest BCUT2D eigenvalue weighted by Gasteiger charge is 2.24. The summed E-state index contributed by atoms with van der Waals surface area (Å²) >= 11 is 0. The molecular weight excluding hydrogens is 453 g/mol. The van der Waals surface area contributed by atoms with Crippen LogP contribution in [0.15, 0.2) is 4.99 Å². The van der Waals surface area contributed by atoms with Gasteiger partial charge in [-0.2, -0.15) is 0 Å². The van der Waals surface area contributed by atoms with Crippen LogP contribution < -0.4 is 10.6 Å². The molecule has 0 aromatic heterocycles. The average molecular weight is 495 g/mol. The van der Waals surface area contributed by atoms with Crippen molar-refractivity contribution in [3.05, 3.63) is 0 Å². The van der Waals surface area contributed by atoms with Crippen molar-refractivity contribution in [1.82, 2.24) is 20.4 Å². The number of morpholine rings is 1. The van der Waals surface area contributed by atoms with Gasteiger partial charge in [0.15, 0.2) is 5.96 Å². The predicted molar refractivity (Wildman–Crippen MR) is 125 cm³/mol. The zero-order chi connectivity index (χ0) is 18.8. The number of piperidine rings is 1. The van der Waals surface area contributed by atoms with Gasteiger partial charge in [0.05, 0.1) is 13.2 Å². The minimum atomic E-state index is 0. The van der Waals surface area contributed by atoms with Crippen LogP contribution in [-0.2, 0) is 4.74 Å². The second-order valence-electron chi connectivity index (χ2n) is 8.07. The molecule has 2 saturated heterocycles. The summed E-state index contributed by atoms with van der Waals surface area (Å²) in [7, 11) is 1.86. The van der Waals surface area contributed by atoms with E-state index in [9.17, 15) is 0 Å². The molecule has 0 aliphatic carbocycles. The van der Waals surface area contributed by atoms with Crippen LogP contribution in [0.5, 0.6) is 0 Å². The molecule has 0 radical (unpaired) electrons. The molecule has 7 heteroatoms. The fraction of sp³-hybridized carbons (Fsp3) is 0.950. The third kappa shape index (κ3) is 8.83. The van der Waals surface area contributed by atoms with Gasteiger partial charge in [0.25, 0.3) is 0 Å². The van der Waals surface area contributed by atoms with Crippen molar-refractivity contribution < 1.29 is 4.74 Å². The highest BCUT2D eigenvalue weighted by atomic mass is 127. The van der Waals surface area contributed by atoms with Gasteiger partial charge >= 0.3 is 0 Å². The molecule has 2 unspecified atom stereocenters. The Balaban J connectivity index is 0.00000364. The summed E-state index contributed by atoms with van der Waals surface area (Å²) in [5.41, 5.74) is 0. The largest absolute Gasteiger partial charge is 0.379 e. The first-order valence-electron chi connectivity index (χ1n) is 10.6. The van der Waals surface area contributed by atoms with Crippen molar-refractivity contribution in [2.24, 2.45) is 10.9 Å². The monoisotopic (exact) mass is 495 g/mol. The normalized spacial score (nSPS) is 23.7. The van der Waals surface area contributed by atoms with Crippen molar-refractivity contribution in [2.45, 2.75) is 58.5 Å². The van der Waals surface area contributed by atoms with Crippen molar-refractivity contribution in [1.29, 1.82) is 0 Å². The highest BCUT2D eigenvalue weighted by molar-refractivity contribution is 14.0. The van der Waals surface area contributed by atoms with Crippen LogP contribution in [-0.4, -0.2) is 87.4 Å². The maximum absolute atomic E-state index is 5.50. The maximum Gasteiger partial charge on any atom is 0.191 e. The van der Waals surface area contributed by atoms with Crippen molar-refractivity contribution in [2.75, 3.05) is 59.5 Å². The van der Waals surface area contributed by atoms with Crippen molar-refractivity contribution >= 4 is 29.9 Å². The Kier molecular flexibility index (Phi) is 12.9. The SMILES string of the molecule is CN=C(NCCCN1CCCCC1C)NCC(C(C)C)N1CCOCC1.I. The first-order chi connectivity index (χ1) is 12.6. The summed E-state index contributed by atoms with van der Waals surface area (Å²) in [5, 5.41) is 7.03. The van der Waals surface area contributed by atoms with E-state index in [-0.39, 0.29) is 24.0 Å². The first kappa shape index (κ1) is 24.9. The number of nitrogens with one attached hydrogen (secondary N) is 2. The Morgan fingerprint density at radius 3 is 2.52 bits per heavy atom. The molecule has 2 aliphatic rings. The lowest BCUT2D eigenvalue weighted by Gasteiger charge is -2.37. The minimum absolute atomic E-state index is 0. The molecule has 2 atom stereocenters. The summed E-state index contributed by atoms with van der Waals surface area (Å²) in [6, 6.07) is 1.27. The number of likely N-dealkylation sites (tertiary alicyclic amines) is 1. The van der Waals surface area contributed by atoms with Crippen LogP contribution in [0.2, 0.25) is 0 Å². The Hall–Kier alpha value is -0.120. The van der Waals surface area contributed by atoms with Gasteiger partial charge in [0.1, 0.15) is 0 Å². The highest BCUT2D eigenvalue weighted by Crippen LogP contribution is 2.16. The summed E-state index contributed by atoms with van der Waals surface area (Å²) in [6.45, 7) is 15.1. The Bertz CT molecular complexity index is 415. The number of rotatable bonds is 8. The number of aliphatic imine (C=N–C) groups is 1. The smallest absolute Gasteiger partial charge is 0.191 e. The molecule has 2 rings (SSSR count). The number of halogens is 1. The molecule has 0 aromatic rings. The van der Waals surface area contributed by atoms with Crippen LogP contribution in [0.25, 0.3) is 0 Å². The number of hydrogen-bond acceptors (Lipinski definition) is 4. The third-order valence-electron chi connectivity index (χ3n) is 5.84. The lowest BCUT2D eigenvalue weighted by molar-refractivity contribution is 0.00752. The fourth-order valence-corrected chi connectivity index (χ4v) is 4.10. The van der Waals surface area contributed by atoms with Gasteiger partial charge < -0.3 is 20.3 Å². The van der Waals surface area contributed by atoms with E-state index in [4.69, 9.17) is 4.74 Å². The van der Waals surface area contributed by atoms with Gasteiger partial charge in [-0.05, 0) is 38.6 Å². The molecule has 2 N–H and O–H groups in total. The number of nitrogens with zero attached hydrogens (tertiary/aromatic N) is 3. The molecule has 160 valence electrons. The average Bonchev–Trinajstić information content (AvgIpc) is 2.65. The summed E-state index contributed by atoms with van der Waals surface area (Å²) < 4.78 is 5.50. The number of ether oxygens (including phenoxy) is 1. The Labute approximate surface area is 183 Å². The van der Waals surface area contributed by atoms with Gasteiger partial charge in [0, 0.05) is 51.9 Å². The Morgan fingerprint density at radius 2 is 1.89 bits per heavy atom. The molecule has 0 spiro atoms. The minimum Gasteiger partial charge on any atom is -0.379 e. The van der Waals surface area contributed by atoms with Crippen LogP contribution >= 0.6 is 24.0 Å². The summed E-state index contributed by atoms with van der Waals surface area (Å²) in [5.74, 6) is 1.54. The Morgan fingerprint density at radius 1 is 1.15 bits per heavy atom. The second kappa shape index (κ2) is 14.0. The topological polar surface area (TPSA) is 52.1 Å². The zero-order valence-corrected chi connectivity index (χ0v) is 20.2. The fourth-order valence-electron chi connectivity index (χ4n) is 4.10. The molecule has 2 fully saturated rings. The van der Waals surface area contributed by atoms with Crippen LogP contribution in [0.3, 0.4) is 0 Å². The molecular formula is C20H42IN5O. The van der Waals surface area contributed by atoms with E-state index in [1.54, 1.807) is 0 Å². The van der Waals surface area contributed by atoms with E-state index in [0.29, 0.717) is 12.0 Å². The van der Waals surface area contributed by atoms with Crippen LogP contribution in [0.1, 0.15) is 46.5 Å². The van der Waals surface area contributed by atoms with E-state index in [0.717, 1.165) is 51.4 Å². The van der Waals surface area contributed by atoms with Gasteiger partial charge in [0.2, 0.25) is 0 Å². The maximum atomic E-state index is 5.50. The zero-order valence-electron chi connectivity index (χ0n) is 17.9. The van der Waals surface area contributed by atoms with Crippen LogP contribution in [0, 0.1) is 5.92 Å². The van der Waals surface area contributed by atoms with Crippen molar-refractivity contribution in [3.8, 4) is 0 Å². The molecule has 27 heavy (non-hydrogen) atoms. The molecule has 2 heterocycles. The standard InChI is InChI=1S/C20H41N5O.HI/c1-17(2)19(25-12-14-26-15-13-25)16-23-20(21-4)22-9-7-11-24-10-6-5-8-18(24)3;/h17-19H,5-16H2,1-4H3,(H2,21,22,23);1H. The molecule has 6 nitrogen and oxygen atoms in total. The predicted octanol–water partition coefficient (Wildman–Crippen LogP) is 2.39. The molecule has 2 aliphatic heterocycles. The van der Waals surface area contributed by atoms with Gasteiger partial charge in [-0.15, -0.1) is 24.0 Å². The molecule has 0 bridgehead atoms.